The molecule has 1 aromatic carbocycles. The first kappa shape index (κ1) is 23.8. The van der Waals surface area contributed by atoms with Gasteiger partial charge in [-0.3, -0.25) is 0 Å². The Morgan fingerprint density at radius 3 is 2.56 bits per heavy atom. The molecule has 1 fully saturated rings. The van der Waals surface area contributed by atoms with Crippen LogP contribution in [0.2, 0.25) is 0 Å². The highest BCUT2D eigenvalue weighted by Crippen LogP contribution is 2.39. The molecule has 0 aliphatic heterocycles. The third-order valence-electron chi connectivity index (χ3n) is 4.85. The molecule has 1 heterocycles. The minimum atomic E-state index is -2.98. The Kier molecular flexibility index (Phi) is 7.22. The van der Waals surface area contributed by atoms with E-state index >= 15 is 0 Å². The molecule has 1 aliphatic carbocycles. The van der Waals surface area contributed by atoms with E-state index in [2.05, 4.69) is 9.72 Å². The Morgan fingerprint density at radius 2 is 2.00 bits per heavy atom. The number of ether oxygens (including phenoxy) is 3. The Hall–Kier alpha value is -2.88. The highest BCUT2D eigenvalue weighted by molar-refractivity contribution is 5.65. The van der Waals surface area contributed by atoms with Gasteiger partial charge in [-0.05, 0) is 48.8 Å². The van der Waals surface area contributed by atoms with Crippen molar-refractivity contribution in [1.29, 1.82) is 0 Å². The van der Waals surface area contributed by atoms with E-state index in [4.69, 9.17) is 25.4 Å². The molecule has 1 aliphatic rings. The van der Waals surface area contributed by atoms with Crippen molar-refractivity contribution >= 4 is 6.09 Å². The van der Waals surface area contributed by atoms with Crippen LogP contribution in [0.5, 0.6) is 11.5 Å². The maximum absolute atomic E-state index is 12.8. The second-order valence-electron chi connectivity index (χ2n) is 9.02. The summed E-state index contributed by atoms with van der Waals surface area (Å²) >= 11 is 0. The van der Waals surface area contributed by atoms with Crippen molar-refractivity contribution in [2.24, 2.45) is 22.8 Å². The zero-order chi connectivity index (χ0) is 23.5. The van der Waals surface area contributed by atoms with Crippen LogP contribution in [0.25, 0.3) is 11.5 Å². The molecule has 0 bridgehead atoms. The fourth-order valence-electron chi connectivity index (χ4n) is 3.21. The van der Waals surface area contributed by atoms with E-state index in [1.165, 1.54) is 18.2 Å². The number of benzene rings is 1. The number of amides is 1. The standard InChI is InChI=1S/C22H29F2N3O5/c1-22(2,3)9-17(31-21(26)28)18-14(10-25)27-19(32-18)13-6-7-15(30-20(23)24)16(8-13)29-11-12-4-5-12/h6-8,12,17,20H,4-5,9-11,25H2,1-3H3,(H2,26,28). The van der Waals surface area contributed by atoms with Crippen LogP contribution in [-0.2, 0) is 11.3 Å². The van der Waals surface area contributed by atoms with Gasteiger partial charge in [-0.1, -0.05) is 20.8 Å². The molecule has 0 spiro atoms. The van der Waals surface area contributed by atoms with E-state index in [1.807, 2.05) is 20.8 Å². The molecular formula is C22H29F2N3O5. The number of aromatic nitrogens is 1. The highest BCUT2D eigenvalue weighted by atomic mass is 19.3. The first-order chi connectivity index (χ1) is 15.1. The number of nitrogens with zero attached hydrogens (tertiary/aromatic N) is 1. The summed E-state index contributed by atoms with van der Waals surface area (Å²) in [6.07, 6.45) is 0.795. The first-order valence-electron chi connectivity index (χ1n) is 10.4. The first-order valence-corrected chi connectivity index (χ1v) is 10.4. The fraction of sp³-hybridized carbons (Fsp3) is 0.545. The summed E-state index contributed by atoms with van der Waals surface area (Å²) in [5.74, 6) is 0.998. The van der Waals surface area contributed by atoms with Crippen molar-refractivity contribution in [3.05, 3.63) is 29.7 Å². The summed E-state index contributed by atoms with van der Waals surface area (Å²) in [6.45, 7) is 3.41. The minimum absolute atomic E-state index is 0.0409. The van der Waals surface area contributed by atoms with Gasteiger partial charge in [0, 0.05) is 12.1 Å². The maximum atomic E-state index is 12.8. The average molecular weight is 453 g/mol. The molecule has 0 radical (unpaired) electrons. The van der Waals surface area contributed by atoms with Crippen molar-refractivity contribution in [3.8, 4) is 23.0 Å². The molecule has 1 aromatic heterocycles. The summed E-state index contributed by atoms with van der Waals surface area (Å²) in [6, 6.07) is 4.44. The van der Waals surface area contributed by atoms with Crippen LogP contribution in [0.15, 0.2) is 22.6 Å². The number of halogens is 2. The van der Waals surface area contributed by atoms with E-state index in [0.29, 0.717) is 36.0 Å². The summed E-state index contributed by atoms with van der Waals surface area (Å²) in [5.41, 5.74) is 11.8. The van der Waals surface area contributed by atoms with Crippen molar-refractivity contribution in [2.45, 2.75) is 59.3 Å². The highest BCUT2D eigenvalue weighted by Gasteiger charge is 2.30. The zero-order valence-corrected chi connectivity index (χ0v) is 18.4. The molecule has 2 aromatic rings. The van der Waals surface area contributed by atoms with Crippen LogP contribution < -0.4 is 20.9 Å². The predicted molar refractivity (Wildman–Crippen MR) is 112 cm³/mol. The number of primary amides is 1. The van der Waals surface area contributed by atoms with E-state index < -0.39 is 18.8 Å². The second-order valence-corrected chi connectivity index (χ2v) is 9.02. The fourth-order valence-corrected chi connectivity index (χ4v) is 3.21. The molecule has 1 unspecified atom stereocenters. The quantitative estimate of drug-likeness (QED) is 0.531. The van der Waals surface area contributed by atoms with Gasteiger partial charge in [-0.15, -0.1) is 0 Å². The molecule has 1 atom stereocenters. The summed E-state index contributed by atoms with van der Waals surface area (Å²) in [5, 5.41) is 0. The van der Waals surface area contributed by atoms with Gasteiger partial charge in [0.15, 0.2) is 23.4 Å². The largest absolute Gasteiger partial charge is 0.489 e. The summed E-state index contributed by atoms with van der Waals surface area (Å²) < 4.78 is 47.1. The van der Waals surface area contributed by atoms with Gasteiger partial charge in [-0.25, -0.2) is 9.78 Å². The molecule has 3 rings (SSSR count). The van der Waals surface area contributed by atoms with Crippen molar-refractivity contribution in [2.75, 3.05) is 6.61 Å². The van der Waals surface area contributed by atoms with Crippen LogP contribution >= 0.6 is 0 Å². The Labute approximate surface area is 185 Å². The smallest absolute Gasteiger partial charge is 0.405 e. The van der Waals surface area contributed by atoms with Crippen LogP contribution in [0.4, 0.5) is 13.6 Å². The second kappa shape index (κ2) is 9.72. The summed E-state index contributed by atoms with van der Waals surface area (Å²) in [4.78, 5) is 15.9. The number of oxazole rings is 1. The van der Waals surface area contributed by atoms with E-state index in [0.717, 1.165) is 12.8 Å². The Bertz CT molecular complexity index is 938. The van der Waals surface area contributed by atoms with Crippen LogP contribution in [0, 0.1) is 11.3 Å². The Balaban J connectivity index is 1.95. The number of alkyl halides is 2. The third-order valence-corrected chi connectivity index (χ3v) is 4.85. The predicted octanol–water partition coefficient (Wildman–Crippen LogP) is 4.76. The lowest BCUT2D eigenvalue weighted by Crippen LogP contribution is -2.22. The SMILES string of the molecule is CC(C)(C)CC(OC(N)=O)c1oc(-c2ccc(OC(F)F)c(OCC3CC3)c2)nc1CN. The number of rotatable bonds is 10. The average Bonchev–Trinajstić information content (AvgIpc) is 3.41. The van der Waals surface area contributed by atoms with Crippen molar-refractivity contribution < 1.29 is 32.2 Å². The van der Waals surface area contributed by atoms with Gasteiger partial charge in [0.25, 0.3) is 0 Å². The molecule has 32 heavy (non-hydrogen) atoms. The minimum Gasteiger partial charge on any atom is -0.489 e. The molecule has 10 heteroatoms. The molecule has 1 saturated carbocycles. The summed E-state index contributed by atoms with van der Waals surface area (Å²) in [7, 11) is 0. The van der Waals surface area contributed by atoms with E-state index in [9.17, 15) is 13.6 Å². The normalized spacial score (nSPS) is 15.0. The van der Waals surface area contributed by atoms with Gasteiger partial charge in [0.2, 0.25) is 5.89 Å². The van der Waals surface area contributed by atoms with Gasteiger partial charge in [-0.2, -0.15) is 8.78 Å². The van der Waals surface area contributed by atoms with Crippen LogP contribution in [-0.4, -0.2) is 24.3 Å². The molecule has 1 amide bonds. The monoisotopic (exact) mass is 453 g/mol. The molecule has 4 N–H and O–H groups in total. The van der Waals surface area contributed by atoms with Crippen molar-refractivity contribution in [1.82, 2.24) is 4.98 Å². The topological polar surface area (TPSA) is 123 Å². The lowest BCUT2D eigenvalue weighted by Gasteiger charge is -2.24. The number of carbonyl (C=O) groups excluding carboxylic acids is 1. The third kappa shape index (κ3) is 6.56. The maximum Gasteiger partial charge on any atom is 0.405 e. The lowest BCUT2D eigenvalue weighted by molar-refractivity contribution is -0.0515. The Morgan fingerprint density at radius 1 is 1.28 bits per heavy atom. The number of hydrogen-bond acceptors (Lipinski definition) is 7. The van der Waals surface area contributed by atoms with Crippen LogP contribution in [0.3, 0.4) is 0 Å². The molecule has 176 valence electrons. The van der Waals surface area contributed by atoms with E-state index in [1.54, 1.807) is 0 Å². The molecule has 8 nitrogen and oxygen atoms in total. The number of nitrogens with two attached hydrogens (primary N) is 2. The zero-order valence-electron chi connectivity index (χ0n) is 18.4. The van der Waals surface area contributed by atoms with Crippen molar-refractivity contribution in [3.63, 3.8) is 0 Å². The molecular weight excluding hydrogens is 424 g/mol. The molecule has 0 saturated heterocycles. The van der Waals surface area contributed by atoms with Gasteiger partial charge in [0.05, 0.1) is 6.61 Å². The number of hydrogen-bond donors (Lipinski definition) is 2. The van der Waals surface area contributed by atoms with Gasteiger partial charge < -0.3 is 30.1 Å². The van der Waals surface area contributed by atoms with Crippen LogP contribution in [0.1, 0.15) is 57.6 Å². The van der Waals surface area contributed by atoms with E-state index in [-0.39, 0.29) is 29.3 Å². The lowest BCUT2D eigenvalue weighted by atomic mass is 9.88. The van der Waals surface area contributed by atoms with Gasteiger partial charge >= 0.3 is 12.7 Å². The van der Waals surface area contributed by atoms with Gasteiger partial charge in [0.1, 0.15) is 5.69 Å². The number of carbonyl (C=O) groups is 1.